The second kappa shape index (κ2) is 11.7. The fourth-order valence-corrected chi connectivity index (χ4v) is 8.34. The summed E-state index contributed by atoms with van der Waals surface area (Å²) in [5, 5.41) is 7.18. The van der Waals surface area contributed by atoms with Crippen LogP contribution in [0.15, 0.2) is 186 Å². The molecule has 0 radical (unpaired) electrons. The average molecular weight is 659 g/mol. The Hall–Kier alpha value is -6.36. The molecule has 2 heterocycles. The number of furan rings is 1. The van der Waals surface area contributed by atoms with Crippen molar-refractivity contribution in [3.05, 3.63) is 182 Å². The first-order valence-corrected chi connectivity index (χ1v) is 17.7. The van der Waals surface area contributed by atoms with Gasteiger partial charge in [-0.3, -0.25) is 0 Å². The lowest BCUT2D eigenvalue weighted by molar-refractivity contribution is 0.669. The van der Waals surface area contributed by atoms with E-state index in [0.29, 0.717) is 0 Å². The SMILES string of the molecule is c1ccc(N(c2ccc3cc(N(c4ccccc4)c4ccc5sc6ccccc6c5c4)ccc3c2)c2ccc3oc4ccccc4c3c2)cc1. The van der Waals surface area contributed by atoms with E-state index >= 15 is 0 Å². The molecule has 0 atom stereocenters. The molecule has 2 aromatic heterocycles. The van der Waals surface area contributed by atoms with Crippen LogP contribution >= 0.6 is 11.3 Å². The molecule has 236 valence electrons. The molecule has 0 bridgehead atoms. The zero-order valence-electron chi connectivity index (χ0n) is 27.0. The van der Waals surface area contributed by atoms with Gasteiger partial charge in [-0.15, -0.1) is 11.3 Å². The van der Waals surface area contributed by atoms with Gasteiger partial charge in [0.05, 0.1) is 0 Å². The van der Waals surface area contributed by atoms with Crippen molar-refractivity contribution in [3.8, 4) is 0 Å². The zero-order valence-corrected chi connectivity index (χ0v) is 27.8. The van der Waals surface area contributed by atoms with Gasteiger partial charge in [0.25, 0.3) is 0 Å². The molecule has 3 nitrogen and oxygen atoms in total. The highest BCUT2D eigenvalue weighted by atomic mass is 32.1. The minimum absolute atomic E-state index is 0.892. The number of rotatable bonds is 6. The molecule has 0 saturated carbocycles. The third-order valence-electron chi connectivity index (χ3n) is 9.59. The van der Waals surface area contributed by atoms with Gasteiger partial charge in [-0.25, -0.2) is 0 Å². The summed E-state index contributed by atoms with van der Waals surface area (Å²) in [4.78, 5) is 4.69. The molecular formula is C46H30N2OS. The Morgan fingerprint density at radius 2 is 0.800 bits per heavy atom. The molecule has 0 fully saturated rings. The summed E-state index contributed by atoms with van der Waals surface area (Å²) in [6, 6.07) is 65.0. The Bertz CT molecular complexity index is 2640. The molecular weight excluding hydrogens is 629 g/mol. The number of fused-ring (bicyclic) bond motifs is 7. The molecule has 10 rings (SSSR count). The molecule has 8 aromatic carbocycles. The Kier molecular flexibility index (Phi) is 6.68. The number of thiophene rings is 1. The van der Waals surface area contributed by atoms with E-state index in [1.165, 1.54) is 30.9 Å². The van der Waals surface area contributed by atoms with E-state index in [0.717, 1.165) is 56.1 Å². The maximum absolute atomic E-state index is 6.16. The van der Waals surface area contributed by atoms with Crippen LogP contribution in [0.25, 0.3) is 52.9 Å². The van der Waals surface area contributed by atoms with Gasteiger partial charge in [-0.05, 0) is 108 Å². The third-order valence-corrected chi connectivity index (χ3v) is 10.7. The van der Waals surface area contributed by atoms with Crippen molar-refractivity contribution in [1.82, 2.24) is 0 Å². The van der Waals surface area contributed by atoms with Crippen LogP contribution in [0.5, 0.6) is 0 Å². The normalized spacial score (nSPS) is 11.6. The van der Waals surface area contributed by atoms with E-state index in [-0.39, 0.29) is 0 Å². The van der Waals surface area contributed by atoms with Crippen LogP contribution in [-0.4, -0.2) is 0 Å². The van der Waals surface area contributed by atoms with E-state index in [1.807, 2.05) is 23.5 Å². The topological polar surface area (TPSA) is 19.6 Å². The molecule has 0 saturated heterocycles. The van der Waals surface area contributed by atoms with Crippen molar-refractivity contribution >= 4 is 98.3 Å². The maximum Gasteiger partial charge on any atom is 0.135 e. The molecule has 0 aliphatic carbocycles. The quantitative estimate of drug-likeness (QED) is 0.177. The van der Waals surface area contributed by atoms with Gasteiger partial charge < -0.3 is 14.2 Å². The first-order chi connectivity index (χ1) is 24.8. The minimum atomic E-state index is 0.892. The summed E-state index contributed by atoms with van der Waals surface area (Å²) in [5.74, 6) is 0. The highest BCUT2D eigenvalue weighted by Crippen LogP contribution is 2.43. The number of hydrogen-bond donors (Lipinski definition) is 0. The molecule has 0 unspecified atom stereocenters. The lowest BCUT2D eigenvalue weighted by atomic mass is 10.1. The van der Waals surface area contributed by atoms with Gasteiger partial charge in [-0.2, -0.15) is 0 Å². The molecule has 50 heavy (non-hydrogen) atoms. The van der Waals surface area contributed by atoms with E-state index < -0.39 is 0 Å². The lowest BCUT2D eigenvalue weighted by Crippen LogP contribution is -2.10. The number of benzene rings is 8. The minimum Gasteiger partial charge on any atom is -0.456 e. The van der Waals surface area contributed by atoms with Crippen LogP contribution in [0.3, 0.4) is 0 Å². The van der Waals surface area contributed by atoms with E-state index in [9.17, 15) is 0 Å². The first-order valence-electron chi connectivity index (χ1n) is 16.8. The second-order valence-corrected chi connectivity index (χ2v) is 13.7. The summed E-state index contributed by atoms with van der Waals surface area (Å²) in [6.07, 6.45) is 0. The van der Waals surface area contributed by atoms with E-state index in [4.69, 9.17) is 4.42 Å². The average Bonchev–Trinajstić information content (AvgIpc) is 3.74. The highest BCUT2D eigenvalue weighted by molar-refractivity contribution is 7.25. The molecule has 0 amide bonds. The Balaban J connectivity index is 1.09. The van der Waals surface area contributed by atoms with Gasteiger partial charge in [-0.1, -0.05) is 84.9 Å². The van der Waals surface area contributed by atoms with Crippen molar-refractivity contribution in [2.24, 2.45) is 0 Å². The number of para-hydroxylation sites is 3. The van der Waals surface area contributed by atoms with E-state index in [2.05, 4.69) is 180 Å². The third kappa shape index (κ3) is 4.80. The van der Waals surface area contributed by atoms with Crippen LogP contribution in [0.2, 0.25) is 0 Å². The molecule has 0 spiro atoms. The largest absolute Gasteiger partial charge is 0.456 e. The van der Waals surface area contributed by atoms with Crippen LogP contribution in [0.4, 0.5) is 34.1 Å². The van der Waals surface area contributed by atoms with Gasteiger partial charge in [0.1, 0.15) is 11.2 Å². The van der Waals surface area contributed by atoms with Crippen molar-refractivity contribution in [3.63, 3.8) is 0 Å². The maximum atomic E-state index is 6.16. The van der Waals surface area contributed by atoms with Crippen molar-refractivity contribution in [2.45, 2.75) is 0 Å². The smallest absolute Gasteiger partial charge is 0.135 e. The van der Waals surface area contributed by atoms with Gasteiger partial charge in [0.15, 0.2) is 0 Å². The number of anilines is 6. The van der Waals surface area contributed by atoms with Crippen LogP contribution in [0, 0.1) is 0 Å². The van der Waals surface area contributed by atoms with Crippen molar-refractivity contribution in [1.29, 1.82) is 0 Å². The van der Waals surface area contributed by atoms with Gasteiger partial charge in [0, 0.05) is 65.1 Å². The molecule has 4 heteroatoms. The van der Waals surface area contributed by atoms with Gasteiger partial charge >= 0.3 is 0 Å². The summed E-state index contributed by atoms with van der Waals surface area (Å²) >= 11 is 1.85. The summed E-state index contributed by atoms with van der Waals surface area (Å²) in [6.45, 7) is 0. The summed E-state index contributed by atoms with van der Waals surface area (Å²) < 4.78 is 8.78. The van der Waals surface area contributed by atoms with Crippen molar-refractivity contribution < 1.29 is 4.42 Å². The Labute approximate surface area is 293 Å². The molecule has 0 aliphatic rings. The summed E-state index contributed by atoms with van der Waals surface area (Å²) in [7, 11) is 0. The van der Waals surface area contributed by atoms with Gasteiger partial charge in [0.2, 0.25) is 0 Å². The van der Waals surface area contributed by atoms with Crippen LogP contribution < -0.4 is 9.80 Å². The molecule has 0 N–H and O–H groups in total. The predicted octanol–water partition coefficient (Wildman–Crippen LogP) is 14.0. The van der Waals surface area contributed by atoms with Crippen LogP contribution in [0.1, 0.15) is 0 Å². The monoisotopic (exact) mass is 658 g/mol. The number of hydrogen-bond acceptors (Lipinski definition) is 4. The Morgan fingerprint density at radius 3 is 1.48 bits per heavy atom. The zero-order chi connectivity index (χ0) is 33.0. The highest BCUT2D eigenvalue weighted by Gasteiger charge is 2.18. The standard InChI is InChI=1S/C46H30N2OS/c1-3-11-33(12-4-1)47(37-23-25-44-41(29-37)39-15-7-9-17-43(39)49-44)35-21-19-32-28-36(22-20-31(32)27-35)48(34-13-5-2-6-14-34)38-24-26-46-42(30-38)40-16-8-10-18-45(40)50-46/h1-30H. The lowest BCUT2D eigenvalue weighted by Gasteiger charge is -2.27. The fourth-order valence-electron chi connectivity index (χ4n) is 7.25. The summed E-state index contributed by atoms with van der Waals surface area (Å²) in [5.41, 5.74) is 8.45. The van der Waals surface area contributed by atoms with E-state index in [1.54, 1.807) is 0 Å². The number of nitrogens with zero attached hydrogens (tertiary/aromatic N) is 2. The van der Waals surface area contributed by atoms with Crippen molar-refractivity contribution in [2.75, 3.05) is 9.80 Å². The van der Waals surface area contributed by atoms with Crippen LogP contribution in [-0.2, 0) is 0 Å². The second-order valence-electron chi connectivity index (χ2n) is 12.6. The predicted molar refractivity (Wildman–Crippen MR) is 213 cm³/mol. The first kappa shape index (κ1) is 28.6. The Morgan fingerprint density at radius 1 is 0.320 bits per heavy atom. The molecule has 0 aliphatic heterocycles. The fraction of sp³-hybridized carbons (Fsp3) is 0. The molecule has 10 aromatic rings.